The van der Waals surface area contributed by atoms with Crippen LogP contribution in [0, 0.1) is 0 Å². The molecule has 0 aromatic heterocycles. The van der Waals surface area contributed by atoms with Crippen LogP contribution in [0.5, 0.6) is 11.5 Å². The van der Waals surface area contributed by atoms with Gasteiger partial charge in [-0.3, -0.25) is 9.59 Å². The molecule has 31 heavy (non-hydrogen) atoms. The van der Waals surface area contributed by atoms with E-state index in [1.54, 1.807) is 36.4 Å². The van der Waals surface area contributed by atoms with Crippen molar-refractivity contribution in [2.45, 2.75) is 19.9 Å². The summed E-state index contributed by atoms with van der Waals surface area (Å²) in [6.07, 6.45) is 0. The number of likely N-dealkylation sites (N-methyl/N-ethyl adjacent to an activating group) is 1. The van der Waals surface area contributed by atoms with Gasteiger partial charge in [0.1, 0.15) is 17.3 Å². The molecule has 1 aliphatic rings. The molecule has 0 aliphatic carbocycles. The van der Waals surface area contributed by atoms with Crippen LogP contribution < -0.4 is 4.74 Å². The molecule has 164 valence electrons. The number of ketones is 1. The minimum atomic E-state index is -0.812. The highest BCUT2D eigenvalue weighted by Crippen LogP contribution is 2.41. The Morgan fingerprint density at radius 2 is 1.81 bits per heavy atom. The summed E-state index contributed by atoms with van der Waals surface area (Å²) in [5.41, 5.74) is 0.867. The summed E-state index contributed by atoms with van der Waals surface area (Å²) in [4.78, 5) is 29.7. The Kier molecular flexibility index (Phi) is 6.97. The van der Waals surface area contributed by atoms with Crippen molar-refractivity contribution in [1.82, 2.24) is 9.80 Å². The molecule has 2 N–H and O–H groups in total. The second kappa shape index (κ2) is 9.66. The topological polar surface area (TPSA) is 90.3 Å². The molecule has 1 atom stereocenters. The van der Waals surface area contributed by atoms with Gasteiger partial charge in [0, 0.05) is 13.1 Å². The lowest BCUT2D eigenvalue weighted by atomic mass is 9.95. The third kappa shape index (κ3) is 4.41. The second-order valence-electron chi connectivity index (χ2n) is 7.31. The lowest BCUT2D eigenvalue weighted by molar-refractivity contribution is -0.140. The van der Waals surface area contributed by atoms with Gasteiger partial charge in [-0.1, -0.05) is 38.1 Å². The third-order valence-electron chi connectivity index (χ3n) is 5.64. The molecular weight excluding hydrogens is 396 g/mol. The largest absolute Gasteiger partial charge is 0.508 e. The van der Waals surface area contributed by atoms with Crippen molar-refractivity contribution in [2.75, 3.05) is 33.3 Å². The number of aromatic hydroxyl groups is 1. The van der Waals surface area contributed by atoms with Crippen LogP contribution in [0.1, 0.15) is 31.0 Å². The van der Waals surface area contributed by atoms with Crippen LogP contribution >= 0.6 is 0 Å². The van der Waals surface area contributed by atoms with Crippen molar-refractivity contribution >= 4 is 17.4 Å². The molecule has 7 heteroatoms. The van der Waals surface area contributed by atoms with Gasteiger partial charge in [-0.15, -0.1) is 0 Å². The van der Waals surface area contributed by atoms with E-state index in [4.69, 9.17) is 4.74 Å². The van der Waals surface area contributed by atoms with Gasteiger partial charge < -0.3 is 24.7 Å². The van der Waals surface area contributed by atoms with E-state index in [0.717, 1.165) is 13.1 Å². The molecule has 1 amide bonds. The first-order chi connectivity index (χ1) is 14.9. The van der Waals surface area contributed by atoms with Gasteiger partial charge in [0.15, 0.2) is 0 Å². The van der Waals surface area contributed by atoms with Crippen molar-refractivity contribution < 1.29 is 24.5 Å². The van der Waals surface area contributed by atoms with Crippen LogP contribution in [0.15, 0.2) is 54.1 Å². The monoisotopic (exact) mass is 424 g/mol. The summed E-state index contributed by atoms with van der Waals surface area (Å²) >= 11 is 0. The maximum absolute atomic E-state index is 13.1. The highest BCUT2D eigenvalue weighted by Gasteiger charge is 2.46. The van der Waals surface area contributed by atoms with Crippen molar-refractivity contribution in [1.29, 1.82) is 0 Å². The second-order valence-corrected chi connectivity index (χ2v) is 7.31. The molecule has 0 saturated carbocycles. The molecule has 7 nitrogen and oxygen atoms in total. The predicted molar refractivity (Wildman–Crippen MR) is 118 cm³/mol. The van der Waals surface area contributed by atoms with E-state index in [1.807, 2.05) is 13.8 Å². The molecule has 0 bridgehead atoms. The van der Waals surface area contributed by atoms with E-state index >= 15 is 0 Å². The number of Topliss-reactive ketones (excluding diaryl/α,β-unsaturated/α-hetero) is 1. The van der Waals surface area contributed by atoms with Crippen LogP contribution in [-0.2, 0) is 9.59 Å². The number of likely N-dealkylation sites (tertiary alicyclic amines) is 1. The number of phenolic OH excluding ortho intramolecular Hbond substituents is 1. The predicted octanol–water partition coefficient (Wildman–Crippen LogP) is 3.16. The van der Waals surface area contributed by atoms with Crippen LogP contribution in [-0.4, -0.2) is 65.0 Å². The van der Waals surface area contributed by atoms with Gasteiger partial charge in [0.25, 0.3) is 11.7 Å². The number of hydrogen-bond acceptors (Lipinski definition) is 6. The zero-order valence-corrected chi connectivity index (χ0v) is 18.0. The molecule has 2 aromatic rings. The average Bonchev–Trinajstić information content (AvgIpc) is 3.04. The number of phenols is 1. The Morgan fingerprint density at radius 1 is 1.10 bits per heavy atom. The van der Waals surface area contributed by atoms with Crippen LogP contribution in [0.25, 0.3) is 5.76 Å². The molecular formula is C24H28N2O5. The molecule has 2 aromatic carbocycles. The molecule has 3 rings (SSSR count). The van der Waals surface area contributed by atoms with E-state index < -0.39 is 17.7 Å². The van der Waals surface area contributed by atoms with Crippen LogP contribution in [0.3, 0.4) is 0 Å². The van der Waals surface area contributed by atoms with Gasteiger partial charge in [0.2, 0.25) is 0 Å². The van der Waals surface area contributed by atoms with Crippen molar-refractivity contribution in [2.24, 2.45) is 0 Å². The number of rotatable bonds is 8. The molecule has 1 aliphatic heterocycles. The molecule has 1 heterocycles. The average molecular weight is 424 g/mol. The fourth-order valence-corrected chi connectivity index (χ4v) is 3.93. The molecule has 1 fully saturated rings. The summed E-state index contributed by atoms with van der Waals surface area (Å²) < 4.78 is 5.33. The number of amides is 1. The number of para-hydroxylation sites is 1. The first-order valence-electron chi connectivity index (χ1n) is 10.4. The van der Waals surface area contributed by atoms with Crippen LogP contribution in [0.2, 0.25) is 0 Å². The number of benzene rings is 2. The smallest absolute Gasteiger partial charge is 0.295 e. The highest BCUT2D eigenvalue weighted by atomic mass is 16.5. The maximum atomic E-state index is 13.1. The SMILES string of the molecule is CCN(CC)CCN1C(=O)C(=O)/C(=C(\O)c2ccccc2OC)C1c1cccc(O)c1. The Bertz CT molecular complexity index is 997. The fraction of sp³-hybridized carbons (Fsp3) is 0.333. The normalized spacial score (nSPS) is 18.1. The summed E-state index contributed by atoms with van der Waals surface area (Å²) in [5, 5.41) is 21.2. The summed E-state index contributed by atoms with van der Waals surface area (Å²) in [6, 6.07) is 12.4. The summed E-state index contributed by atoms with van der Waals surface area (Å²) in [7, 11) is 1.47. The highest BCUT2D eigenvalue weighted by molar-refractivity contribution is 6.46. The fourth-order valence-electron chi connectivity index (χ4n) is 3.93. The van der Waals surface area contributed by atoms with E-state index in [2.05, 4.69) is 4.90 Å². The van der Waals surface area contributed by atoms with Crippen molar-refractivity contribution in [3.63, 3.8) is 0 Å². The lowest BCUT2D eigenvalue weighted by Crippen LogP contribution is -2.38. The molecule has 0 radical (unpaired) electrons. The van der Waals surface area contributed by atoms with E-state index in [0.29, 0.717) is 30.0 Å². The number of methoxy groups -OCH3 is 1. The number of nitrogens with zero attached hydrogens (tertiary/aromatic N) is 2. The summed E-state index contributed by atoms with van der Waals surface area (Å²) in [6.45, 7) is 6.61. The molecule has 0 spiro atoms. The molecule has 1 saturated heterocycles. The van der Waals surface area contributed by atoms with Crippen molar-refractivity contribution in [3.8, 4) is 11.5 Å². The van der Waals surface area contributed by atoms with E-state index in [-0.39, 0.29) is 17.1 Å². The van der Waals surface area contributed by atoms with E-state index in [9.17, 15) is 19.8 Å². The first-order valence-corrected chi connectivity index (χ1v) is 10.4. The maximum Gasteiger partial charge on any atom is 0.295 e. The Morgan fingerprint density at radius 3 is 2.45 bits per heavy atom. The number of hydrogen-bond donors (Lipinski definition) is 2. The zero-order valence-electron chi connectivity index (χ0n) is 18.0. The van der Waals surface area contributed by atoms with Crippen LogP contribution in [0.4, 0.5) is 0 Å². The van der Waals surface area contributed by atoms with Gasteiger partial charge in [-0.2, -0.15) is 0 Å². The minimum absolute atomic E-state index is 0.0142. The summed E-state index contributed by atoms with van der Waals surface area (Å²) in [5.74, 6) is -1.31. The van der Waals surface area contributed by atoms with E-state index in [1.165, 1.54) is 24.1 Å². The van der Waals surface area contributed by atoms with Crippen molar-refractivity contribution in [3.05, 3.63) is 65.2 Å². The van der Waals surface area contributed by atoms with Gasteiger partial charge in [0.05, 0.1) is 24.3 Å². The number of carbonyl (C=O) groups excluding carboxylic acids is 2. The first kappa shape index (κ1) is 22.4. The standard InChI is InChI=1S/C24H28N2O5/c1-4-25(5-2)13-14-26-21(16-9-8-10-17(27)15-16)20(23(29)24(26)30)22(28)18-11-6-7-12-19(18)31-3/h6-12,15,21,27-28H,4-5,13-14H2,1-3H3/b22-20-. The Balaban J connectivity index is 2.14. The third-order valence-corrected chi connectivity index (χ3v) is 5.64. The minimum Gasteiger partial charge on any atom is -0.508 e. The zero-order chi connectivity index (χ0) is 22.5. The van der Waals surface area contributed by atoms with Gasteiger partial charge in [-0.05, 0) is 42.9 Å². The number of ether oxygens (including phenoxy) is 1. The lowest BCUT2D eigenvalue weighted by Gasteiger charge is -2.28. The van der Waals surface area contributed by atoms with Gasteiger partial charge in [-0.25, -0.2) is 0 Å². The Hall–Kier alpha value is -3.32. The number of carbonyl (C=O) groups is 2. The van der Waals surface area contributed by atoms with Gasteiger partial charge >= 0.3 is 0 Å². The number of aliphatic hydroxyl groups excluding tert-OH is 1. The molecule has 1 unspecified atom stereocenters. The quantitative estimate of drug-likeness (QED) is 0.384. The number of aliphatic hydroxyl groups is 1. The Labute approximate surface area is 182 Å².